The number of hydrogen-bond acceptors (Lipinski definition) is 5. The Bertz CT molecular complexity index is 823. The van der Waals surface area contributed by atoms with Crippen LogP contribution in [0.3, 0.4) is 0 Å². The van der Waals surface area contributed by atoms with Crippen LogP contribution in [0.1, 0.15) is 24.8 Å². The average Bonchev–Trinajstić information content (AvgIpc) is 3.01. The van der Waals surface area contributed by atoms with Gasteiger partial charge in [-0.05, 0) is 12.0 Å². The standard InChI is InChI=1S/C17H20N2O5S2/c20-15(7-4-8-16(21)22)18-17-19(9-12-5-2-1-3-6-12)13-10-26(23,24)11-14(13)25-17/h1-3,5-6,13-14H,4,7-11H2,(H,21,22). The molecule has 9 heteroatoms. The largest absolute Gasteiger partial charge is 0.481 e. The molecule has 0 radical (unpaired) electrons. The van der Waals surface area contributed by atoms with Gasteiger partial charge in [0.15, 0.2) is 15.0 Å². The van der Waals surface area contributed by atoms with Crippen LogP contribution in [0.2, 0.25) is 0 Å². The zero-order chi connectivity index (χ0) is 18.7. The topological polar surface area (TPSA) is 104 Å². The van der Waals surface area contributed by atoms with Crippen LogP contribution in [0.4, 0.5) is 0 Å². The lowest BCUT2D eigenvalue weighted by molar-refractivity contribution is -0.137. The van der Waals surface area contributed by atoms with Gasteiger partial charge in [-0.15, -0.1) is 0 Å². The van der Waals surface area contributed by atoms with Crippen LogP contribution in [0, 0.1) is 0 Å². The van der Waals surface area contributed by atoms with Crippen molar-refractivity contribution in [2.24, 2.45) is 4.99 Å². The molecule has 0 aliphatic carbocycles. The van der Waals surface area contributed by atoms with Gasteiger partial charge in [0.25, 0.3) is 0 Å². The first-order valence-electron chi connectivity index (χ1n) is 8.35. The molecule has 0 bridgehead atoms. The molecule has 1 amide bonds. The molecular weight excluding hydrogens is 376 g/mol. The van der Waals surface area contributed by atoms with Gasteiger partial charge in [-0.2, -0.15) is 4.99 Å². The Hall–Kier alpha value is -1.87. The predicted molar refractivity (Wildman–Crippen MR) is 99.7 cm³/mol. The zero-order valence-electron chi connectivity index (χ0n) is 14.1. The number of carboxylic acids is 1. The van der Waals surface area contributed by atoms with Crippen molar-refractivity contribution in [3.05, 3.63) is 35.9 Å². The summed E-state index contributed by atoms with van der Waals surface area (Å²) in [7, 11) is -3.07. The highest BCUT2D eigenvalue weighted by Gasteiger charge is 2.48. The number of benzene rings is 1. The summed E-state index contributed by atoms with van der Waals surface area (Å²) in [4.78, 5) is 28.7. The van der Waals surface area contributed by atoms with Gasteiger partial charge in [-0.1, -0.05) is 42.1 Å². The Kier molecular flexibility index (Phi) is 5.67. The summed E-state index contributed by atoms with van der Waals surface area (Å²) >= 11 is 1.34. The number of amides is 1. The number of carbonyl (C=O) groups is 2. The zero-order valence-corrected chi connectivity index (χ0v) is 15.7. The van der Waals surface area contributed by atoms with E-state index in [0.29, 0.717) is 11.7 Å². The Labute approximate surface area is 156 Å². The van der Waals surface area contributed by atoms with Crippen molar-refractivity contribution in [1.29, 1.82) is 0 Å². The van der Waals surface area contributed by atoms with Crippen LogP contribution in [0.15, 0.2) is 35.3 Å². The van der Waals surface area contributed by atoms with Gasteiger partial charge in [0.1, 0.15) is 0 Å². The Morgan fingerprint density at radius 2 is 1.92 bits per heavy atom. The van der Waals surface area contributed by atoms with Crippen LogP contribution in [-0.4, -0.2) is 58.3 Å². The van der Waals surface area contributed by atoms with E-state index in [0.717, 1.165) is 5.56 Å². The van der Waals surface area contributed by atoms with Crippen LogP contribution >= 0.6 is 11.8 Å². The smallest absolute Gasteiger partial charge is 0.303 e. The molecule has 0 spiro atoms. The minimum Gasteiger partial charge on any atom is -0.481 e. The van der Waals surface area contributed by atoms with E-state index in [2.05, 4.69) is 4.99 Å². The highest BCUT2D eigenvalue weighted by Crippen LogP contribution is 2.39. The number of aliphatic imine (C=N–C) groups is 1. The normalized spacial score (nSPS) is 25.4. The van der Waals surface area contributed by atoms with E-state index in [-0.39, 0.29) is 48.0 Å². The number of amidine groups is 1. The maximum Gasteiger partial charge on any atom is 0.303 e. The molecule has 2 saturated heterocycles. The molecule has 1 aromatic carbocycles. The average molecular weight is 396 g/mol. The molecule has 26 heavy (non-hydrogen) atoms. The maximum absolute atomic E-state index is 12.1. The maximum atomic E-state index is 12.1. The van der Waals surface area contributed by atoms with Gasteiger partial charge in [-0.25, -0.2) is 8.42 Å². The second-order valence-electron chi connectivity index (χ2n) is 6.45. The van der Waals surface area contributed by atoms with Crippen molar-refractivity contribution < 1.29 is 23.1 Å². The first kappa shape index (κ1) is 18.9. The van der Waals surface area contributed by atoms with Crippen molar-refractivity contribution in [2.45, 2.75) is 37.1 Å². The molecule has 1 aromatic rings. The van der Waals surface area contributed by atoms with Crippen molar-refractivity contribution >= 4 is 38.6 Å². The van der Waals surface area contributed by atoms with Gasteiger partial charge >= 0.3 is 5.97 Å². The molecule has 1 N–H and O–H groups in total. The predicted octanol–water partition coefficient (Wildman–Crippen LogP) is 1.54. The van der Waals surface area contributed by atoms with E-state index >= 15 is 0 Å². The van der Waals surface area contributed by atoms with Crippen LogP contribution in [0.25, 0.3) is 0 Å². The molecule has 0 saturated carbocycles. The molecule has 0 aromatic heterocycles. The van der Waals surface area contributed by atoms with Gasteiger partial charge < -0.3 is 10.0 Å². The summed E-state index contributed by atoms with van der Waals surface area (Å²) in [5.74, 6) is -1.13. The molecule has 2 heterocycles. The van der Waals surface area contributed by atoms with Crippen molar-refractivity contribution in [3.8, 4) is 0 Å². The number of nitrogens with zero attached hydrogens (tertiary/aromatic N) is 2. The summed E-state index contributed by atoms with van der Waals surface area (Å²) in [5.41, 5.74) is 1.02. The quantitative estimate of drug-likeness (QED) is 0.778. The van der Waals surface area contributed by atoms with E-state index in [4.69, 9.17) is 5.11 Å². The number of hydrogen-bond donors (Lipinski definition) is 1. The number of carboxylic acid groups (broad SMARTS) is 1. The molecular formula is C17H20N2O5S2. The number of carbonyl (C=O) groups excluding carboxylic acids is 1. The number of sulfone groups is 1. The summed E-state index contributed by atoms with van der Waals surface area (Å²) in [6.07, 6.45) is 0.250. The molecule has 140 valence electrons. The van der Waals surface area contributed by atoms with E-state index in [9.17, 15) is 18.0 Å². The number of fused-ring (bicyclic) bond motifs is 1. The number of rotatable bonds is 6. The highest BCUT2D eigenvalue weighted by atomic mass is 32.2. The van der Waals surface area contributed by atoms with Gasteiger partial charge in [0, 0.05) is 24.6 Å². The van der Waals surface area contributed by atoms with Crippen molar-refractivity contribution in [2.75, 3.05) is 11.5 Å². The first-order chi connectivity index (χ1) is 12.3. The lowest BCUT2D eigenvalue weighted by Gasteiger charge is -2.24. The Morgan fingerprint density at radius 1 is 1.19 bits per heavy atom. The molecule has 2 unspecified atom stereocenters. The van der Waals surface area contributed by atoms with Crippen molar-refractivity contribution in [3.63, 3.8) is 0 Å². The molecule has 2 aliphatic rings. The monoisotopic (exact) mass is 396 g/mol. The summed E-state index contributed by atoms with van der Waals surface area (Å²) in [5, 5.41) is 9.08. The lowest BCUT2D eigenvalue weighted by atomic mass is 10.1. The molecule has 2 fully saturated rings. The second-order valence-corrected chi connectivity index (χ2v) is 9.81. The van der Waals surface area contributed by atoms with Gasteiger partial charge in [-0.3, -0.25) is 9.59 Å². The van der Waals surface area contributed by atoms with E-state index in [1.807, 2.05) is 35.2 Å². The van der Waals surface area contributed by atoms with E-state index < -0.39 is 15.8 Å². The van der Waals surface area contributed by atoms with E-state index in [1.54, 1.807) is 0 Å². The first-order valence-corrected chi connectivity index (χ1v) is 11.0. The fourth-order valence-electron chi connectivity index (χ4n) is 3.15. The second kappa shape index (κ2) is 7.79. The summed E-state index contributed by atoms with van der Waals surface area (Å²) < 4.78 is 23.9. The van der Waals surface area contributed by atoms with Crippen molar-refractivity contribution in [1.82, 2.24) is 4.90 Å². The molecule has 3 rings (SSSR count). The minimum atomic E-state index is -3.07. The van der Waals surface area contributed by atoms with Crippen LogP contribution in [0.5, 0.6) is 0 Å². The fraction of sp³-hybridized carbons (Fsp3) is 0.471. The highest BCUT2D eigenvalue weighted by molar-refractivity contribution is 8.15. The lowest BCUT2D eigenvalue weighted by Crippen LogP contribution is -2.37. The van der Waals surface area contributed by atoms with E-state index in [1.165, 1.54) is 11.8 Å². The third kappa shape index (κ3) is 4.64. The number of thioether (sulfide) groups is 1. The Balaban J connectivity index is 1.76. The SMILES string of the molecule is O=C(O)CCCC(=O)N=C1SC2CS(=O)(=O)CC2N1Cc1ccccc1. The van der Waals surface area contributed by atoms with Crippen LogP contribution in [-0.2, 0) is 26.0 Å². The van der Waals surface area contributed by atoms with Gasteiger partial charge in [0.2, 0.25) is 5.91 Å². The third-order valence-electron chi connectivity index (χ3n) is 4.37. The fourth-order valence-corrected chi connectivity index (χ4v) is 7.12. The summed E-state index contributed by atoms with van der Waals surface area (Å²) in [6, 6.07) is 9.45. The van der Waals surface area contributed by atoms with Crippen LogP contribution < -0.4 is 0 Å². The molecule has 2 aliphatic heterocycles. The summed E-state index contributed by atoms with van der Waals surface area (Å²) in [6.45, 7) is 0.492. The minimum absolute atomic E-state index is 0.0685. The number of aliphatic carboxylic acids is 1. The Morgan fingerprint density at radius 3 is 2.62 bits per heavy atom. The third-order valence-corrected chi connectivity index (χ3v) is 7.62. The molecule has 7 nitrogen and oxygen atoms in total. The molecule has 2 atom stereocenters. The van der Waals surface area contributed by atoms with Gasteiger partial charge in [0.05, 0.1) is 17.5 Å².